The first kappa shape index (κ1) is 12.6. The van der Waals surface area contributed by atoms with Crippen molar-refractivity contribution >= 4 is 23.2 Å². The molecule has 6 heteroatoms. The Morgan fingerprint density at radius 1 is 1.44 bits per heavy atom. The van der Waals surface area contributed by atoms with Gasteiger partial charge in [-0.1, -0.05) is 0 Å². The average Bonchev–Trinajstić information content (AvgIpc) is 2.55. The first-order valence-corrected chi connectivity index (χ1v) is 5.74. The average molecular weight is 242 g/mol. The summed E-state index contributed by atoms with van der Waals surface area (Å²) in [5, 5.41) is 3.30. The van der Waals surface area contributed by atoms with E-state index in [0.29, 0.717) is 12.3 Å². The third-order valence-electron chi connectivity index (χ3n) is 1.82. The number of aromatic nitrogens is 1. The van der Waals surface area contributed by atoms with Crippen molar-refractivity contribution in [3.05, 3.63) is 15.6 Å². The van der Waals surface area contributed by atoms with E-state index >= 15 is 0 Å². The van der Waals surface area contributed by atoms with Crippen molar-refractivity contribution in [2.45, 2.75) is 20.8 Å². The van der Waals surface area contributed by atoms with Crippen LogP contribution in [0.1, 0.15) is 27.3 Å². The number of rotatable bonds is 4. The van der Waals surface area contributed by atoms with E-state index < -0.39 is 5.97 Å². The molecule has 1 heterocycles. The Morgan fingerprint density at radius 2 is 2.12 bits per heavy atom. The molecule has 88 valence electrons. The molecule has 0 radical (unpaired) electrons. The second kappa shape index (κ2) is 5.60. The molecule has 0 unspecified atom stereocenters. The summed E-state index contributed by atoms with van der Waals surface area (Å²) >= 11 is 1.45. The molecular formula is C10H14N2O3S. The highest BCUT2D eigenvalue weighted by atomic mass is 32.1. The molecule has 0 spiro atoms. The number of carbonyl (C=O) groups is 2. The van der Waals surface area contributed by atoms with Crippen molar-refractivity contribution in [2.24, 2.45) is 0 Å². The lowest BCUT2D eigenvalue weighted by molar-refractivity contribution is -0.141. The molecule has 1 aromatic heterocycles. The molecule has 1 aromatic rings. The van der Waals surface area contributed by atoms with Gasteiger partial charge in [-0.2, -0.15) is 0 Å². The fourth-order valence-corrected chi connectivity index (χ4v) is 2.00. The van der Waals surface area contributed by atoms with Gasteiger partial charge < -0.3 is 10.1 Å². The highest BCUT2D eigenvalue weighted by molar-refractivity contribution is 7.11. The lowest BCUT2D eigenvalue weighted by Gasteiger charge is -2.03. The molecular weight excluding hydrogens is 228 g/mol. The summed E-state index contributed by atoms with van der Waals surface area (Å²) in [6, 6.07) is 0. The van der Waals surface area contributed by atoms with Crippen LogP contribution in [0.5, 0.6) is 0 Å². The maximum absolute atomic E-state index is 11.6. The molecule has 1 rings (SSSR count). The van der Waals surface area contributed by atoms with Gasteiger partial charge in [0, 0.05) is 4.88 Å². The van der Waals surface area contributed by atoms with Crippen LogP contribution in [0, 0.1) is 13.8 Å². The lowest BCUT2D eigenvalue weighted by atomic mass is 10.3. The van der Waals surface area contributed by atoms with Gasteiger partial charge in [-0.15, -0.1) is 11.3 Å². The molecule has 0 aliphatic rings. The number of nitrogens with one attached hydrogen (secondary N) is 1. The summed E-state index contributed by atoms with van der Waals surface area (Å²) in [6.45, 7) is 5.56. The number of hydrogen-bond donors (Lipinski definition) is 1. The summed E-state index contributed by atoms with van der Waals surface area (Å²) < 4.78 is 4.69. The zero-order valence-electron chi connectivity index (χ0n) is 9.49. The molecule has 0 saturated heterocycles. The SMILES string of the molecule is CCOC(=O)CNC(=O)c1nc(C)sc1C. The maximum Gasteiger partial charge on any atom is 0.325 e. The number of hydrogen-bond acceptors (Lipinski definition) is 5. The van der Waals surface area contributed by atoms with Gasteiger partial charge in [-0.05, 0) is 20.8 Å². The van der Waals surface area contributed by atoms with E-state index in [1.165, 1.54) is 11.3 Å². The Hall–Kier alpha value is -1.43. The van der Waals surface area contributed by atoms with E-state index in [9.17, 15) is 9.59 Å². The van der Waals surface area contributed by atoms with Gasteiger partial charge in [0.25, 0.3) is 5.91 Å². The number of ether oxygens (including phenoxy) is 1. The molecule has 0 bridgehead atoms. The van der Waals surface area contributed by atoms with Crippen LogP contribution >= 0.6 is 11.3 Å². The zero-order chi connectivity index (χ0) is 12.1. The number of nitrogens with zero attached hydrogens (tertiary/aromatic N) is 1. The molecule has 1 amide bonds. The monoisotopic (exact) mass is 242 g/mol. The first-order valence-electron chi connectivity index (χ1n) is 4.92. The Balaban J connectivity index is 2.53. The number of amides is 1. The van der Waals surface area contributed by atoms with Gasteiger partial charge in [-0.25, -0.2) is 4.98 Å². The van der Waals surface area contributed by atoms with Crippen LogP contribution in [0.15, 0.2) is 0 Å². The highest BCUT2D eigenvalue weighted by Gasteiger charge is 2.14. The van der Waals surface area contributed by atoms with Gasteiger partial charge in [0.1, 0.15) is 12.2 Å². The van der Waals surface area contributed by atoms with E-state index in [1.807, 2.05) is 13.8 Å². The predicted octanol–water partition coefficient (Wildman–Crippen LogP) is 1.05. The van der Waals surface area contributed by atoms with Crippen molar-refractivity contribution in [3.8, 4) is 0 Å². The molecule has 0 atom stereocenters. The second-order valence-electron chi connectivity index (χ2n) is 3.13. The van der Waals surface area contributed by atoms with Crippen LogP contribution in [0.2, 0.25) is 0 Å². The van der Waals surface area contributed by atoms with E-state index in [4.69, 9.17) is 4.74 Å². The minimum atomic E-state index is -0.444. The van der Waals surface area contributed by atoms with E-state index in [-0.39, 0.29) is 12.5 Å². The quantitative estimate of drug-likeness (QED) is 0.801. The summed E-state index contributed by atoms with van der Waals surface area (Å²) in [7, 11) is 0. The van der Waals surface area contributed by atoms with Crippen LogP contribution in [0.25, 0.3) is 0 Å². The Bertz CT molecular complexity index is 401. The van der Waals surface area contributed by atoms with E-state index in [2.05, 4.69) is 10.3 Å². The predicted molar refractivity (Wildman–Crippen MR) is 60.6 cm³/mol. The summed E-state index contributed by atoms with van der Waals surface area (Å²) in [6.07, 6.45) is 0. The number of carbonyl (C=O) groups excluding carboxylic acids is 2. The third kappa shape index (κ3) is 3.30. The minimum absolute atomic E-state index is 0.122. The van der Waals surface area contributed by atoms with Crippen LogP contribution in [0.3, 0.4) is 0 Å². The molecule has 1 N–H and O–H groups in total. The number of aryl methyl sites for hydroxylation is 2. The van der Waals surface area contributed by atoms with Gasteiger partial charge in [0.05, 0.1) is 11.6 Å². The summed E-state index contributed by atoms with van der Waals surface area (Å²) in [4.78, 5) is 27.6. The standard InChI is InChI=1S/C10H14N2O3S/c1-4-15-8(13)5-11-10(14)9-6(2)16-7(3)12-9/h4-5H2,1-3H3,(H,11,14). The zero-order valence-corrected chi connectivity index (χ0v) is 10.3. The highest BCUT2D eigenvalue weighted by Crippen LogP contribution is 2.15. The Morgan fingerprint density at radius 3 is 2.62 bits per heavy atom. The molecule has 0 saturated carbocycles. The van der Waals surface area contributed by atoms with E-state index in [0.717, 1.165) is 9.88 Å². The first-order chi connectivity index (χ1) is 7.54. The molecule has 16 heavy (non-hydrogen) atoms. The number of thiazole rings is 1. The second-order valence-corrected chi connectivity index (χ2v) is 4.53. The van der Waals surface area contributed by atoms with Crippen LogP contribution in [-0.4, -0.2) is 30.0 Å². The van der Waals surface area contributed by atoms with Crippen molar-refractivity contribution < 1.29 is 14.3 Å². The smallest absolute Gasteiger partial charge is 0.325 e. The van der Waals surface area contributed by atoms with Crippen molar-refractivity contribution in [1.82, 2.24) is 10.3 Å². The lowest BCUT2D eigenvalue weighted by Crippen LogP contribution is -2.31. The van der Waals surface area contributed by atoms with Gasteiger partial charge in [0.15, 0.2) is 0 Å². The Labute approximate surface area is 97.8 Å². The molecule has 0 aliphatic heterocycles. The van der Waals surface area contributed by atoms with Gasteiger partial charge >= 0.3 is 5.97 Å². The number of esters is 1. The topological polar surface area (TPSA) is 68.3 Å². The molecule has 0 aliphatic carbocycles. The van der Waals surface area contributed by atoms with Crippen molar-refractivity contribution in [2.75, 3.05) is 13.2 Å². The normalized spacial score (nSPS) is 9.94. The van der Waals surface area contributed by atoms with Crippen LogP contribution in [0.4, 0.5) is 0 Å². The van der Waals surface area contributed by atoms with Crippen LogP contribution in [-0.2, 0) is 9.53 Å². The summed E-state index contributed by atoms with van der Waals surface area (Å²) in [5.74, 6) is -0.782. The third-order valence-corrected chi connectivity index (χ3v) is 2.70. The van der Waals surface area contributed by atoms with Gasteiger partial charge in [0.2, 0.25) is 0 Å². The summed E-state index contributed by atoms with van der Waals surface area (Å²) in [5.41, 5.74) is 0.381. The largest absolute Gasteiger partial charge is 0.465 e. The maximum atomic E-state index is 11.6. The van der Waals surface area contributed by atoms with E-state index in [1.54, 1.807) is 6.92 Å². The Kier molecular flexibility index (Phi) is 4.42. The van der Waals surface area contributed by atoms with Gasteiger partial charge in [-0.3, -0.25) is 9.59 Å². The fourth-order valence-electron chi connectivity index (χ4n) is 1.19. The molecule has 5 nitrogen and oxygen atoms in total. The molecule has 0 aromatic carbocycles. The van der Waals surface area contributed by atoms with Crippen molar-refractivity contribution in [1.29, 1.82) is 0 Å². The van der Waals surface area contributed by atoms with Crippen molar-refractivity contribution in [3.63, 3.8) is 0 Å². The fraction of sp³-hybridized carbons (Fsp3) is 0.500. The van der Waals surface area contributed by atoms with Crippen LogP contribution < -0.4 is 5.32 Å². The minimum Gasteiger partial charge on any atom is -0.465 e. The molecule has 0 fully saturated rings.